The standard InChI is InChI=1S/C12H12ClNO4/c13-8-3-1-2-4-9(8)14-5-6-18-10(12(14)17)7-11(15)16/h1-4,10H,5-7H2,(H,15,16). The number of anilines is 1. The predicted octanol–water partition coefficient (Wildman–Crippen LogP) is 1.55. The van der Waals surface area contributed by atoms with Crippen LogP contribution in [0.25, 0.3) is 0 Å². The van der Waals surface area contributed by atoms with Crippen molar-refractivity contribution in [2.75, 3.05) is 18.1 Å². The molecule has 0 spiro atoms. The summed E-state index contributed by atoms with van der Waals surface area (Å²) in [5.41, 5.74) is 0.586. The molecule has 0 bridgehead atoms. The fraction of sp³-hybridized carbons (Fsp3) is 0.333. The van der Waals surface area contributed by atoms with Gasteiger partial charge in [0.15, 0.2) is 0 Å². The van der Waals surface area contributed by atoms with Gasteiger partial charge in [-0.1, -0.05) is 23.7 Å². The van der Waals surface area contributed by atoms with Crippen LogP contribution < -0.4 is 4.90 Å². The monoisotopic (exact) mass is 269 g/mol. The predicted molar refractivity (Wildman–Crippen MR) is 65.8 cm³/mol. The molecule has 1 heterocycles. The Labute approximate surface area is 109 Å². The molecule has 6 heteroatoms. The molecule has 1 N–H and O–H groups in total. The van der Waals surface area contributed by atoms with Crippen LogP contribution in [0.3, 0.4) is 0 Å². The van der Waals surface area contributed by atoms with Crippen molar-refractivity contribution in [3.63, 3.8) is 0 Å². The number of hydrogen-bond acceptors (Lipinski definition) is 3. The van der Waals surface area contributed by atoms with Gasteiger partial charge in [-0.25, -0.2) is 0 Å². The molecular formula is C12H12ClNO4. The SMILES string of the molecule is O=C(O)CC1OCCN(c2ccccc2Cl)C1=O. The fourth-order valence-corrected chi connectivity index (χ4v) is 2.09. The summed E-state index contributed by atoms with van der Waals surface area (Å²) in [7, 11) is 0. The Balaban J connectivity index is 2.21. The molecule has 1 aromatic carbocycles. The van der Waals surface area contributed by atoms with Crippen LogP contribution in [-0.4, -0.2) is 36.2 Å². The number of ether oxygens (including phenoxy) is 1. The zero-order valence-corrected chi connectivity index (χ0v) is 10.3. The van der Waals surface area contributed by atoms with E-state index in [1.165, 1.54) is 4.90 Å². The number of carboxylic acids is 1. The van der Waals surface area contributed by atoms with Gasteiger partial charge in [0.05, 0.1) is 23.7 Å². The molecule has 1 aliphatic heterocycles. The first-order chi connectivity index (χ1) is 8.59. The summed E-state index contributed by atoms with van der Waals surface area (Å²) in [5, 5.41) is 9.18. The third-order valence-electron chi connectivity index (χ3n) is 2.68. The minimum absolute atomic E-state index is 0.301. The molecule has 1 atom stereocenters. The second kappa shape index (κ2) is 5.37. The Morgan fingerprint density at radius 3 is 2.89 bits per heavy atom. The second-order valence-electron chi connectivity index (χ2n) is 3.90. The van der Waals surface area contributed by atoms with E-state index in [4.69, 9.17) is 21.4 Å². The highest BCUT2D eigenvalue weighted by atomic mass is 35.5. The molecule has 0 radical (unpaired) electrons. The number of morpholine rings is 1. The minimum atomic E-state index is -1.06. The number of carboxylic acid groups (broad SMARTS) is 1. The number of carbonyl (C=O) groups is 2. The quantitative estimate of drug-likeness (QED) is 0.904. The van der Waals surface area contributed by atoms with E-state index in [0.29, 0.717) is 23.9 Å². The molecule has 1 aromatic rings. The van der Waals surface area contributed by atoms with Crippen LogP contribution in [0.1, 0.15) is 6.42 Å². The van der Waals surface area contributed by atoms with Crippen LogP contribution in [0.4, 0.5) is 5.69 Å². The van der Waals surface area contributed by atoms with E-state index in [9.17, 15) is 9.59 Å². The lowest BCUT2D eigenvalue weighted by Crippen LogP contribution is -2.48. The summed E-state index contributed by atoms with van der Waals surface area (Å²) >= 11 is 6.03. The lowest BCUT2D eigenvalue weighted by Gasteiger charge is -2.32. The van der Waals surface area contributed by atoms with Crippen molar-refractivity contribution in [2.24, 2.45) is 0 Å². The van der Waals surface area contributed by atoms with Crippen molar-refractivity contribution in [3.05, 3.63) is 29.3 Å². The van der Waals surface area contributed by atoms with Gasteiger partial charge in [0.25, 0.3) is 5.91 Å². The average molecular weight is 270 g/mol. The third kappa shape index (κ3) is 2.63. The van der Waals surface area contributed by atoms with E-state index in [1.807, 2.05) is 0 Å². The first-order valence-electron chi connectivity index (χ1n) is 5.49. The number of rotatable bonds is 3. The van der Waals surface area contributed by atoms with Crippen molar-refractivity contribution >= 4 is 29.2 Å². The van der Waals surface area contributed by atoms with Gasteiger partial charge in [-0.2, -0.15) is 0 Å². The van der Waals surface area contributed by atoms with E-state index >= 15 is 0 Å². The molecule has 1 saturated heterocycles. The number of nitrogens with zero attached hydrogens (tertiary/aromatic N) is 1. The Morgan fingerprint density at radius 2 is 2.22 bits per heavy atom. The molecule has 0 aromatic heterocycles. The van der Waals surface area contributed by atoms with Crippen LogP contribution in [-0.2, 0) is 14.3 Å². The smallest absolute Gasteiger partial charge is 0.306 e. The molecule has 1 aliphatic rings. The number of para-hydroxylation sites is 1. The summed E-state index contributed by atoms with van der Waals surface area (Å²) in [5.74, 6) is -1.42. The Bertz CT molecular complexity index is 477. The summed E-state index contributed by atoms with van der Waals surface area (Å²) in [6.07, 6.45) is -1.27. The number of hydrogen-bond donors (Lipinski definition) is 1. The zero-order valence-electron chi connectivity index (χ0n) is 9.51. The van der Waals surface area contributed by atoms with Gasteiger partial charge < -0.3 is 14.7 Å². The van der Waals surface area contributed by atoms with Gasteiger partial charge >= 0.3 is 5.97 Å². The highest BCUT2D eigenvalue weighted by Gasteiger charge is 2.32. The molecule has 1 unspecified atom stereocenters. The van der Waals surface area contributed by atoms with E-state index in [-0.39, 0.29) is 12.3 Å². The molecule has 2 rings (SSSR count). The maximum atomic E-state index is 12.1. The van der Waals surface area contributed by atoms with Crippen LogP contribution in [0.15, 0.2) is 24.3 Å². The number of carbonyl (C=O) groups excluding carboxylic acids is 1. The van der Waals surface area contributed by atoms with Gasteiger partial charge in [-0.15, -0.1) is 0 Å². The normalized spacial score (nSPS) is 19.9. The third-order valence-corrected chi connectivity index (χ3v) is 3.00. The first kappa shape index (κ1) is 12.9. The minimum Gasteiger partial charge on any atom is -0.481 e. The van der Waals surface area contributed by atoms with Crippen LogP contribution in [0, 0.1) is 0 Å². The Kier molecular flexibility index (Phi) is 3.84. The van der Waals surface area contributed by atoms with Crippen LogP contribution in [0.5, 0.6) is 0 Å². The molecule has 0 saturated carbocycles. The molecule has 18 heavy (non-hydrogen) atoms. The lowest BCUT2D eigenvalue weighted by molar-refractivity contribution is -0.147. The molecule has 0 aliphatic carbocycles. The van der Waals surface area contributed by atoms with E-state index in [2.05, 4.69) is 0 Å². The first-order valence-corrected chi connectivity index (χ1v) is 5.86. The van der Waals surface area contributed by atoms with Crippen LogP contribution >= 0.6 is 11.6 Å². The number of amides is 1. The Hall–Kier alpha value is -1.59. The van der Waals surface area contributed by atoms with Crippen molar-refractivity contribution in [1.82, 2.24) is 0 Å². The van der Waals surface area contributed by atoms with Gasteiger partial charge in [0.1, 0.15) is 6.10 Å². The van der Waals surface area contributed by atoms with Crippen molar-refractivity contribution in [3.8, 4) is 0 Å². The summed E-state index contributed by atoms with van der Waals surface area (Å²) < 4.78 is 5.18. The molecule has 1 amide bonds. The van der Waals surface area contributed by atoms with E-state index in [1.54, 1.807) is 24.3 Å². The van der Waals surface area contributed by atoms with Gasteiger partial charge in [-0.3, -0.25) is 9.59 Å². The van der Waals surface area contributed by atoms with Crippen molar-refractivity contribution in [1.29, 1.82) is 0 Å². The van der Waals surface area contributed by atoms with E-state index in [0.717, 1.165) is 0 Å². The van der Waals surface area contributed by atoms with Gasteiger partial charge in [-0.05, 0) is 12.1 Å². The average Bonchev–Trinajstić information content (AvgIpc) is 2.32. The van der Waals surface area contributed by atoms with Crippen molar-refractivity contribution in [2.45, 2.75) is 12.5 Å². The maximum absolute atomic E-state index is 12.1. The molecule has 5 nitrogen and oxygen atoms in total. The Morgan fingerprint density at radius 1 is 1.50 bits per heavy atom. The van der Waals surface area contributed by atoms with Crippen LogP contribution in [0.2, 0.25) is 5.02 Å². The molecule has 1 fully saturated rings. The zero-order chi connectivity index (χ0) is 13.1. The number of aliphatic carboxylic acids is 1. The second-order valence-corrected chi connectivity index (χ2v) is 4.31. The largest absolute Gasteiger partial charge is 0.481 e. The van der Waals surface area contributed by atoms with Gasteiger partial charge in [0, 0.05) is 6.54 Å². The highest BCUT2D eigenvalue weighted by molar-refractivity contribution is 6.33. The maximum Gasteiger partial charge on any atom is 0.306 e. The summed E-state index contributed by atoms with van der Waals surface area (Å²) in [6, 6.07) is 6.96. The number of benzene rings is 1. The summed E-state index contributed by atoms with van der Waals surface area (Å²) in [6.45, 7) is 0.674. The molecular weight excluding hydrogens is 258 g/mol. The molecule has 96 valence electrons. The van der Waals surface area contributed by atoms with Crippen molar-refractivity contribution < 1.29 is 19.4 Å². The summed E-state index contributed by atoms with van der Waals surface area (Å²) in [4.78, 5) is 24.2. The topological polar surface area (TPSA) is 66.8 Å². The fourth-order valence-electron chi connectivity index (χ4n) is 1.86. The lowest BCUT2D eigenvalue weighted by atomic mass is 10.1. The number of halogens is 1. The van der Waals surface area contributed by atoms with Gasteiger partial charge in [0.2, 0.25) is 0 Å². The van der Waals surface area contributed by atoms with E-state index < -0.39 is 12.1 Å². The highest BCUT2D eigenvalue weighted by Crippen LogP contribution is 2.27.